The Kier molecular flexibility index (Phi) is 8.02. The SMILES string of the molecule is C[C@H](CCC(=O)OC(C)(C)C)[C@H]1CC[C@H]2[C@@H]3[C@H](O)C[C@@H]4C[C@H](OCC5CC6C=CC5C6)CC[C@]4(C)[C@H]3C[C@H](O)[C@]12C. The zero-order valence-electron chi connectivity index (χ0n) is 26.7. The van der Waals surface area contributed by atoms with Crippen molar-refractivity contribution in [2.24, 2.45) is 64.1 Å². The van der Waals surface area contributed by atoms with Crippen molar-refractivity contribution in [3.05, 3.63) is 12.2 Å². The normalized spacial score (nSPS) is 49.3. The predicted octanol–water partition coefficient (Wildman–Crippen LogP) is 6.94. The fraction of sp³-hybridized carbons (Fsp3) is 0.917. The van der Waals surface area contributed by atoms with Crippen LogP contribution in [0.5, 0.6) is 0 Å². The molecule has 0 radical (unpaired) electrons. The molecule has 0 aliphatic heterocycles. The van der Waals surface area contributed by atoms with Crippen molar-refractivity contribution in [1.29, 1.82) is 0 Å². The average Bonchev–Trinajstić information content (AvgIpc) is 3.61. The van der Waals surface area contributed by atoms with E-state index in [0.717, 1.165) is 69.8 Å². The first-order valence-corrected chi connectivity index (χ1v) is 17.2. The van der Waals surface area contributed by atoms with E-state index in [1.165, 1.54) is 12.8 Å². The van der Waals surface area contributed by atoms with Gasteiger partial charge in [0, 0.05) is 6.42 Å². The largest absolute Gasteiger partial charge is 0.460 e. The Labute approximate surface area is 249 Å². The Hall–Kier alpha value is -0.910. The van der Waals surface area contributed by atoms with Crippen molar-refractivity contribution in [2.45, 2.75) is 136 Å². The molecule has 14 atom stereocenters. The van der Waals surface area contributed by atoms with E-state index in [1.54, 1.807) is 0 Å². The summed E-state index contributed by atoms with van der Waals surface area (Å²) in [6.07, 6.45) is 15.6. The standard InChI is InChI=1S/C36H58O5/c1-21(7-12-32(39)41-34(2,3)4)27-10-11-28-33-29(19-31(38)36(27,28)6)35(5)14-13-26(17-25(35)18-30(33)37)40-20-24-16-22-8-9-23(24)15-22/h8-9,21-31,33,37-38H,7,10-20H2,1-6H3/t21-,22?,23?,24?,25+,26-,27-,28+,29+,30-,31+,33+,35+,36-/m1/s1. The first-order valence-electron chi connectivity index (χ1n) is 17.2. The summed E-state index contributed by atoms with van der Waals surface area (Å²) >= 11 is 0. The monoisotopic (exact) mass is 570 g/mol. The van der Waals surface area contributed by atoms with Gasteiger partial charge in [-0.15, -0.1) is 0 Å². The molecule has 5 fully saturated rings. The van der Waals surface area contributed by atoms with E-state index in [-0.39, 0.29) is 34.9 Å². The Balaban J connectivity index is 1.10. The van der Waals surface area contributed by atoms with Gasteiger partial charge in [-0.1, -0.05) is 32.9 Å². The van der Waals surface area contributed by atoms with Gasteiger partial charge in [0.05, 0.1) is 24.9 Å². The molecule has 5 nitrogen and oxygen atoms in total. The number of aliphatic hydroxyl groups excluding tert-OH is 2. The van der Waals surface area contributed by atoms with Crippen LogP contribution < -0.4 is 0 Å². The maximum absolute atomic E-state index is 12.4. The smallest absolute Gasteiger partial charge is 0.306 e. The summed E-state index contributed by atoms with van der Waals surface area (Å²) in [6.45, 7) is 13.7. The van der Waals surface area contributed by atoms with Crippen LogP contribution in [0.25, 0.3) is 0 Å². The van der Waals surface area contributed by atoms with E-state index in [0.29, 0.717) is 48.0 Å². The molecule has 2 bridgehead atoms. The molecule has 6 aliphatic carbocycles. The van der Waals surface area contributed by atoms with Gasteiger partial charge >= 0.3 is 5.97 Å². The molecule has 232 valence electrons. The van der Waals surface area contributed by atoms with Crippen LogP contribution in [0.4, 0.5) is 0 Å². The quantitative estimate of drug-likeness (QED) is 0.256. The molecular weight excluding hydrogens is 512 g/mol. The molecule has 3 unspecified atom stereocenters. The van der Waals surface area contributed by atoms with Crippen molar-refractivity contribution in [3.63, 3.8) is 0 Å². The van der Waals surface area contributed by atoms with Crippen LogP contribution in [0.1, 0.15) is 112 Å². The molecule has 5 heteroatoms. The fourth-order valence-corrected chi connectivity index (χ4v) is 11.6. The van der Waals surface area contributed by atoms with E-state index in [1.807, 2.05) is 20.8 Å². The first-order chi connectivity index (χ1) is 19.3. The number of carbonyl (C=O) groups excluding carboxylic acids is 1. The molecule has 0 heterocycles. The fourth-order valence-electron chi connectivity index (χ4n) is 11.6. The van der Waals surface area contributed by atoms with Crippen LogP contribution in [0, 0.1) is 64.1 Å². The van der Waals surface area contributed by atoms with Crippen molar-refractivity contribution < 1.29 is 24.5 Å². The minimum atomic E-state index is -0.455. The summed E-state index contributed by atoms with van der Waals surface area (Å²) in [5, 5.41) is 23.7. The molecule has 41 heavy (non-hydrogen) atoms. The number of ether oxygens (including phenoxy) is 2. The number of carbonyl (C=O) groups is 1. The molecule has 0 saturated heterocycles. The lowest BCUT2D eigenvalue weighted by molar-refractivity contribution is -0.209. The van der Waals surface area contributed by atoms with E-state index < -0.39 is 5.60 Å². The van der Waals surface area contributed by atoms with Gasteiger partial charge in [0.25, 0.3) is 0 Å². The number of fused-ring (bicyclic) bond motifs is 7. The molecular formula is C36H58O5. The Morgan fingerprint density at radius 1 is 1.00 bits per heavy atom. The predicted molar refractivity (Wildman–Crippen MR) is 161 cm³/mol. The van der Waals surface area contributed by atoms with Gasteiger partial charge in [0.1, 0.15) is 5.60 Å². The zero-order valence-corrected chi connectivity index (χ0v) is 26.7. The van der Waals surface area contributed by atoms with Crippen molar-refractivity contribution in [2.75, 3.05) is 6.61 Å². The van der Waals surface area contributed by atoms with Gasteiger partial charge < -0.3 is 19.7 Å². The average molecular weight is 571 g/mol. The summed E-state index contributed by atoms with van der Waals surface area (Å²) in [4.78, 5) is 12.4. The van der Waals surface area contributed by atoms with Gasteiger partial charge in [0.15, 0.2) is 0 Å². The molecule has 0 spiro atoms. The molecule has 0 aromatic rings. The topological polar surface area (TPSA) is 76.0 Å². The Bertz CT molecular complexity index is 1000. The first kappa shape index (κ1) is 30.1. The molecule has 0 aromatic heterocycles. The van der Waals surface area contributed by atoms with Gasteiger partial charge in [-0.2, -0.15) is 0 Å². The second-order valence-electron chi connectivity index (χ2n) is 17.0. The van der Waals surface area contributed by atoms with E-state index >= 15 is 0 Å². The minimum absolute atomic E-state index is 0.123. The van der Waals surface area contributed by atoms with Gasteiger partial charge in [0.2, 0.25) is 0 Å². The summed E-state index contributed by atoms with van der Waals surface area (Å²) < 4.78 is 12.2. The van der Waals surface area contributed by atoms with Crippen LogP contribution in [0.3, 0.4) is 0 Å². The van der Waals surface area contributed by atoms with Crippen LogP contribution in [0.2, 0.25) is 0 Å². The number of rotatable bonds is 7. The van der Waals surface area contributed by atoms with Crippen LogP contribution >= 0.6 is 0 Å². The third-order valence-corrected chi connectivity index (χ3v) is 13.7. The van der Waals surface area contributed by atoms with Crippen molar-refractivity contribution in [3.8, 4) is 0 Å². The summed E-state index contributed by atoms with van der Waals surface area (Å²) in [5.41, 5.74) is -0.487. The lowest BCUT2D eigenvalue weighted by Gasteiger charge is -2.63. The summed E-state index contributed by atoms with van der Waals surface area (Å²) in [6, 6.07) is 0. The Morgan fingerprint density at radius 3 is 2.46 bits per heavy atom. The number of aliphatic hydroxyl groups is 2. The maximum Gasteiger partial charge on any atom is 0.306 e. The summed E-state index contributed by atoms with van der Waals surface area (Å²) in [7, 11) is 0. The highest BCUT2D eigenvalue weighted by Crippen LogP contribution is 2.68. The molecule has 0 amide bonds. The number of allylic oxidation sites excluding steroid dienone is 2. The second kappa shape index (κ2) is 10.9. The zero-order chi connectivity index (χ0) is 29.3. The van der Waals surface area contributed by atoms with Gasteiger partial charge in [-0.3, -0.25) is 4.79 Å². The van der Waals surface area contributed by atoms with Gasteiger partial charge in [-0.25, -0.2) is 0 Å². The van der Waals surface area contributed by atoms with Crippen LogP contribution in [-0.4, -0.2) is 46.7 Å². The maximum atomic E-state index is 12.4. The van der Waals surface area contributed by atoms with E-state index in [4.69, 9.17) is 9.47 Å². The molecule has 2 N–H and O–H groups in total. The highest BCUT2D eigenvalue weighted by Gasteiger charge is 2.65. The molecule has 6 aliphatic rings. The van der Waals surface area contributed by atoms with Crippen molar-refractivity contribution >= 4 is 5.97 Å². The lowest BCUT2D eigenvalue weighted by atomic mass is 9.43. The van der Waals surface area contributed by atoms with Gasteiger partial charge in [-0.05, 0) is 149 Å². The molecule has 0 aromatic carbocycles. The third-order valence-electron chi connectivity index (χ3n) is 13.7. The minimum Gasteiger partial charge on any atom is -0.460 e. The van der Waals surface area contributed by atoms with E-state index in [2.05, 4.69) is 32.9 Å². The Morgan fingerprint density at radius 2 is 1.78 bits per heavy atom. The second-order valence-corrected chi connectivity index (χ2v) is 17.0. The van der Waals surface area contributed by atoms with E-state index in [9.17, 15) is 15.0 Å². The molecule has 6 rings (SSSR count). The third kappa shape index (κ3) is 5.37. The highest BCUT2D eigenvalue weighted by atomic mass is 16.6. The summed E-state index contributed by atoms with van der Waals surface area (Å²) in [5.74, 6) is 4.27. The number of esters is 1. The number of hydrogen-bond acceptors (Lipinski definition) is 5. The van der Waals surface area contributed by atoms with Crippen LogP contribution in [-0.2, 0) is 14.3 Å². The lowest BCUT2D eigenvalue weighted by Crippen LogP contribution is -2.62. The van der Waals surface area contributed by atoms with Crippen molar-refractivity contribution in [1.82, 2.24) is 0 Å². The highest BCUT2D eigenvalue weighted by molar-refractivity contribution is 5.69. The molecule has 5 saturated carbocycles. The van der Waals surface area contributed by atoms with Crippen LogP contribution in [0.15, 0.2) is 12.2 Å². The number of hydrogen-bond donors (Lipinski definition) is 2.